The third-order valence-electron chi connectivity index (χ3n) is 6.11. The SMILES string of the molecule is O=C(CN1CC[C@H](N2CCCC2)C1)N1N=C(c2cccs2)C[C@H]1c1ccco1. The van der Waals surface area contributed by atoms with Gasteiger partial charge in [0.25, 0.3) is 5.91 Å². The van der Waals surface area contributed by atoms with E-state index in [0.717, 1.165) is 29.4 Å². The smallest absolute Gasteiger partial charge is 0.257 e. The number of carbonyl (C=O) groups excluding carboxylic acids is 1. The number of furan rings is 1. The van der Waals surface area contributed by atoms with Gasteiger partial charge in [0.15, 0.2) is 0 Å². The molecule has 5 rings (SSSR count). The van der Waals surface area contributed by atoms with Crippen LogP contribution in [0.4, 0.5) is 0 Å². The van der Waals surface area contributed by atoms with Gasteiger partial charge >= 0.3 is 0 Å². The molecule has 0 bridgehead atoms. The van der Waals surface area contributed by atoms with E-state index in [1.807, 2.05) is 23.6 Å². The summed E-state index contributed by atoms with van der Waals surface area (Å²) in [5, 5.41) is 8.43. The molecular formula is C21H26N4O2S. The topological polar surface area (TPSA) is 52.3 Å². The summed E-state index contributed by atoms with van der Waals surface area (Å²) in [7, 11) is 0. The van der Waals surface area contributed by atoms with Crippen LogP contribution in [0.25, 0.3) is 0 Å². The molecule has 2 saturated heterocycles. The molecule has 2 aromatic rings. The molecular weight excluding hydrogens is 372 g/mol. The first kappa shape index (κ1) is 18.1. The molecule has 0 aliphatic carbocycles. The van der Waals surface area contributed by atoms with Gasteiger partial charge < -0.3 is 4.42 Å². The normalized spacial score (nSPS) is 26.3. The molecule has 0 aromatic carbocycles. The summed E-state index contributed by atoms with van der Waals surface area (Å²) >= 11 is 1.67. The average Bonchev–Trinajstić information content (AvgIpc) is 3.53. The molecule has 0 spiro atoms. The predicted molar refractivity (Wildman–Crippen MR) is 109 cm³/mol. The van der Waals surface area contributed by atoms with Gasteiger partial charge in [0.1, 0.15) is 11.8 Å². The number of amides is 1. The Morgan fingerprint density at radius 2 is 2.11 bits per heavy atom. The number of likely N-dealkylation sites (tertiary alicyclic amines) is 2. The maximum Gasteiger partial charge on any atom is 0.257 e. The van der Waals surface area contributed by atoms with Gasteiger partial charge in [0, 0.05) is 25.6 Å². The van der Waals surface area contributed by atoms with Crippen LogP contribution in [0.2, 0.25) is 0 Å². The van der Waals surface area contributed by atoms with Gasteiger partial charge in [-0.15, -0.1) is 11.3 Å². The van der Waals surface area contributed by atoms with E-state index in [4.69, 9.17) is 9.52 Å². The minimum Gasteiger partial charge on any atom is -0.467 e. The van der Waals surface area contributed by atoms with Crippen molar-refractivity contribution in [2.45, 2.75) is 37.8 Å². The van der Waals surface area contributed by atoms with Crippen LogP contribution in [-0.4, -0.2) is 65.2 Å². The third-order valence-corrected chi connectivity index (χ3v) is 7.03. The number of thiophene rings is 1. The second-order valence-electron chi connectivity index (χ2n) is 7.92. The lowest BCUT2D eigenvalue weighted by Gasteiger charge is -2.25. The highest BCUT2D eigenvalue weighted by Gasteiger charge is 2.37. The van der Waals surface area contributed by atoms with E-state index in [1.54, 1.807) is 22.6 Å². The predicted octanol–water partition coefficient (Wildman–Crippen LogP) is 3.19. The average molecular weight is 399 g/mol. The zero-order chi connectivity index (χ0) is 18.9. The standard InChI is InChI=1S/C21H26N4O2S/c26-21(15-23-10-7-16(14-23)24-8-1-2-9-24)25-18(19-5-3-11-27-19)13-17(22-25)20-6-4-12-28-20/h3-6,11-12,16,18H,1-2,7-10,13-15H2/t16-,18-/m0/s1. The van der Waals surface area contributed by atoms with E-state index >= 15 is 0 Å². The van der Waals surface area contributed by atoms with Crippen LogP contribution in [0, 0.1) is 0 Å². The molecule has 0 radical (unpaired) electrons. The van der Waals surface area contributed by atoms with Gasteiger partial charge in [0.05, 0.1) is 23.4 Å². The first-order chi connectivity index (χ1) is 13.8. The molecule has 6 nitrogen and oxygen atoms in total. The van der Waals surface area contributed by atoms with Crippen molar-refractivity contribution in [3.05, 3.63) is 46.5 Å². The summed E-state index contributed by atoms with van der Waals surface area (Å²) in [5.74, 6) is 0.870. The summed E-state index contributed by atoms with van der Waals surface area (Å²) in [4.78, 5) is 19.2. The zero-order valence-electron chi connectivity index (χ0n) is 16.0. The number of hydrogen-bond acceptors (Lipinski definition) is 6. The highest BCUT2D eigenvalue weighted by molar-refractivity contribution is 7.12. The molecule has 1 amide bonds. The second-order valence-corrected chi connectivity index (χ2v) is 8.87. The fourth-order valence-corrected chi connectivity index (χ4v) is 5.38. The van der Waals surface area contributed by atoms with Gasteiger partial charge in [-0.05, 0) is 55.9 Å². The summed E-state index contributed by atoms with van der Waals surface area (Å²) in [6, 6.07) is 8.38. The molecule has 3 aliphatic rings. The van der Waals surface area contributed by atoms with Crippen LogP contribution in [0.3, 0.4) is 0 Å². The summed E-state index contributed by atoms with van der Waals surface area (Å²) in [5.41, 5.74) is 0.973. The van der Waals surface area contributed by atoms with E-state index in [1.165, 1.54) is 32.4 Å². The second kappa shape index (κ2) is 7.81. The number of hydrazone groups is 1. The fraction of sp³-hybridized carbons (Fsp3) is 0.524. The first-order valence-electron chi connectivity index (χ1n) is 10.2. The van der Waals surface area contributed by atoms with Crippen molar-refractivity contribution in [1.29, 1.82) is 0 Å². The Morgan fingerprint density at radius 1 is 1.21 bits per heavy atom. The van der Waals surface area contributed by atoms with Gasteiger partial charge in [0.2, 0.25) is 0 Å². The van der Waals surface area contributed by atoms with E-state index < -0.39 is 0 Å². The molecule has 7 heteroatoms. The Bertz CT molecular complexity index is 827. The molecule has 0 N–H and O–H groups in total. The minimum absolute atomic E-state index is 0.0648. The number of rotatable bonds is 5. The molecule has 3 aliphatic heterocycles. The number of nitrogens with zero attached hydrogens (tertiary/aromatic N) is 4. The van der Waals surface area contributed by atoms with Crippen molar-refractivity contribution < 1.29 is 9.21 Å². The van der Waals surface area contributed by atoms with Gasteiger partial charge in [-0.2, -0.15) is 5.10 Å². The van der Waals surface area contributed by atoms with Crippen LogP contribution >= 0.6 is 11.3 Å². The molecule has 0 saturated carbocycles. The molecule has 2 atom stereocenters. The van der Waals surface area contributed by atoms with Crippen LogP contribution in [0.1, 0.15) is 42.4 Å². The lowest BCUT2D eigenvalue weighted by Crippen LogP contribution is -2.40. The van der Waals surface area contributed by atoms with Gasteiger partial charge in [-0.3, -0.25) is 14.6 Å². The quantitative estimate of drug-likeness (QED) is 0.776. The monoisotopic (exact) mass is 398 g/mol. The van der Waals surface area contributed by atoms with E-state index in [2.05, 4.69) is 15.9 Å². The van der Waals surface area contributed by atoms with E-state index in [-0.39, 0.29) is 11.9 Å². The summed E-state index contributed by atoms with van der Waals surface area (Å²) in [6.45, 7) is 4.85. The molecule has 2 aromatic heterocycles. The fourth-order valence-electron chi connectivity index (χ4n) is 4.66. The van der Waals surface area contributed by atoms with Crippen molar-refractivity contribution in [3.8, 4) is 0 Å². The summed E-state index contributed by atoms with van der Waals surface area (Å²) < 4.78 is 5.63. The van der Waals surface area contributed by atoms with Crippen molar-refractivity contribution in [2.24, 2.45) is 5.10 Å². The largest absolute Gasteiger partial charge is 0.467 e. The van der Waals surface area contributed by atoms with Crippen LogP contribution in [0.5, 0.6) is 0 Å². The van der Waals surface area contributed by atoms with Gasteiger partial charge in [-0.25, -0.2) is 5.01 Å². The Labute approximate surface area is 169 Å². The maximum atomic E-state index is 13.2. The highest BCUT2D eigenvalue weighted by Crippen LogP contribution is 2.34. The number of hydrogen-bond donors (Lipinski definition) is 0. The van der Waals surface area contributed by atoms with Crippen LogP contribution in [-0.2, 0) is 4.79 Å². The third kappa shape index (κ3) is 3.54. The molecule has 5 heterocycles. The lowest BCUT2D eigenvalue weighted by atomic mass is 10.1. The van der Waals surface area contributed by atoms with Crippen LogP contribution in [0.15, 0.2) is 45.4 Å². The van der Waals surface area contributed by atoms with Crippen LogP contribution < -0.4 is 0 Å². The maximum absolute atomic E-state index is 13.2. The Balaban J connectivity index is 1.29. The van der Waals surface area contributed by atoms with Crippen molar-refractivity contribution in [1.82, 2.24) is 14.8 Å². The Morgan fingerprint density at radius 3 is 2.86 bits per heavy atom. The minimum atomic E-state index is -0.142. The van der Waals surface area contributed by atoms with Crippen molar-refractivity contribution in [3.63, 3.8) is 0 Å². The van der Waals surface area contributed by atoms with Crippen molar-refractivity contribution in [2.75, 3.05) is 32.7 Å². The molecule has 2 fully saturated rings. The van der Waals surface area contributed by atoms with E-state index in [9.17, 15) is 4.79 Å². The zero-order valence-corrected chi connectivity index (χ0v) is 16.8. The van der Waals surface area contributed by atoms with Crippen molar-refractivity contribution >= 4 is 23.0 Å². The molecule has 148 valence electrons. The molecule has 0 unspecified atom stereocenters. The van der Waals surface area contributed by atoms with Gasteiger partial charge in [-0.1, -0.05) is 6.07 Å². The lowest BCUT2D eigenvalue weighted by molar-refractivity contribution is -0.134. The molecule has 28 heavy (non-hydrogen) atoms. The van der Waals surface area contributed by atoms with E-state index in [0.29, 0.717) is 19.0 Å². The number of carbonyl (C=O) groups is 1. The Hall–Kier alpha value is -1.96. The highest BCUT2D eigenvalue weighted by atomic mass is 32.1. The summed E-state index contributed by atoms with van der Waals surface area (Å²) in [6.07, 6.45) is 6.17. The Kier molecular flexibility index (Phi) is 5.05. The first-order valence-corrected chi connectivity index (χ1v) is 11.1.